The summed E-state index contributed by atoms with van der Waals surface area (Å²) in [4.78, 5) is 24.0. The van der Waals surface area contributed by atoms with Gasteiger partial charge in [-0.3, -0.25) is 4.79 Å². The van der Waals surface area contributed by atoms with Gasteiger partial charge in [0.15, 0.2) is 0 Å². The Balaban J connectivity index is 1.58. The summed E-state index contributed by atoms with van der Waals surface area (Å²) in [6, 6.07) is 0. The molecule has 2 aliphatic rings. The second-order valence-corrected chi connectivity index (χ2v) is 8.69. The van der Waals surface area contributed by atoms with Gasteiger partial charge in [-0.05, 0) is 64.2 Å². The first-order valence-corrected chi connectivity index (χ1v) is 11.7. The number of esters is 2. The third kappa shape index (κ3) is 8.36. The molecule has 0 atom stereocenters. The fraction of sp³-hybridized carbons (Fsp3) is 0.833. The molecular formula is C24H40O4. The highest BCUT2D eigenvalue weighted by molar-refractivity contribution is 5.82. The lowest BCUT2D eigenvalue weighted by atomic mass is 9.83. The number of carbonyl (C=O) groups excluding carboxylic acids is 2. The van der Waals surface area contributed by atoms with E-state index in [2.05, 4.69) is 6.92 Å². The van der Waals surface area contributed by atoms with E-state index >= 15 is 0 Å². The van der Waals surface area contributed by atoms with Crippen LogP contribution < -0.4 is 0 Å². The Morgan fingerprint density at radius 1 is 0.821 bits per heavy atom. The van der Waals surface area contributed by atoms with Gasteiger partial charge < -0.3 is 9.47 Å². The first-order valence-electron chi connectivity index (χ1n) is 11.7. The summed E-state index contributed by atoms with van der Waals surface area (Å²) in [5.74, 6) is 0.503. The molecule has 0 aromatic carbocycles. The van der Waals surface area contributed by atoms with Gasteiger partial charge >= 0.3 is 11.9 Å². The number of hydrogen-bond acceptors (Lipinski definition) is 4. The average Bonchev–Trinajstić information content (AvgIpc) is 2.70. The van der Waals surface area contributed by atoms with Gasteiger partial charge in [-0.25, -0.2) is 4.79 Å². The first-order chi connectivity index (χ1) is 13.6. The quantitative estimate of drug-likeness (QED) is 0.255. The van der Waals surface area contributed by atoms with Crippen molar-refractivity contribution in [2.45, 2.75) is 116 Å². The number of hydrogen-bond donors (Lipinski definition) is 0. The zero-order valence-corrected chi connectivity index (χ0v) is 18.0. The normalized spacial score (nSPS) is 28.2. The molecule has 4 nitrogen and oxygen atoms in total. The van der Waals surface area contributed by atoms with E-state index in [4.69, 9.17) is 9.47 Å². The lowest BCUT2D eigenvalue weighted by Gasteiger charge is -2.31. The number of rotatable bonds is 10. The summed E-state index contributed by atoms with van der Waals surface area (Å²) in [5.41, 5.74) is 0. The predicted molar refractivity (Wildman–Crippen MR) is 112 cm³/mol. The van der Waals surface area contributed by atoms with Gasteiger partial charge in [0.05, 0.1) is 5.92 Å². The van der Waals surface area contributed by atoms with Crippen LogP contribution in [0, 0.1) is 11.8 Å². The zero-order chi connectivity index (χ0) is 20.2. The van der Waals surface area contributed by atoms with E-state index in [9.17, 15) is 9.59 Å². The number of carbonyl (C=O) groups is 2. The molecule has 2 aliphatic carbocycles. The minimum atomic E-state index is -0.282. The van der Waals surface area contributed by atoms with Crippen molar-refractivity contribution < 1.29 is 19.1 Å². The van der Waals surface area contributed by atoms with Crippen molar-refractivity contribution >= 4 is 11.9 Å². The Kier molecular flexibility index (Phi) is 10.7. The van der Waals surface area contributed by atoms with Crippen LogP contribution in [-0.2, 0) is 19.1 Å². The summed E-state index contributed by atoms with van der Waals surface area (Å²) in [5, 5.41) is 0. The standard InChI is InChI=1S/C24H40O4/c1-3-5-6-7-8-10-19-11-15-22(16-12-19)28-24(26)20-13-17-21(18-14-20)27-23(25)9-4-2/h4,9,19-22H,3,5-8,10-18H2,1-2H3/b9-4+/t19-,20-,21-,22-. The van der Waals surface area contributed by atoms with Crippen LogP contribution in [0.2, 0.25) is 0 Å². The first kappa shape index (κ1) is 23.0. The van der Waals surface area contributed by atoms with Crippen LogP contribution in [0.1, 0.15) is 104 Å². The highest BCUT2D eigenvalue weighted by atomic mass is 16.5. The van der Waals surface area contributed by atoms with Gasteiger partial charge in [0, 0.05) is 6.08 Å². The molecule has 4 heteroatoms. The molecule has 0 radical (unpaired) electrons. The topological polar surface area (TPSA) is 52.6 Å². The van der Waals surface area contributed by atoms with Crippen LogP contribution in [0.4, 0.5) is 0 Å². The Morgan fingerprint density at radius 3 is 2.07 bits per heavy atom. The van der Waals surface area contributed by atoms with E-state index in [0.717, 1.165) is 44.4 Å². The lowest BCUT2D eigenvalue weighted by molar-refractivity contribution is -0.158. The fourth-order valence-electron chi connectivity index (χ4n) is 4.59. The second-order valence-electron chi connectivity index (χ2n) is 8.69. The third-order valence-electron chi connectivity index (χ3n) is 6.39. The highest BCUT2D eigenvalue weighted by Crippen LogP contribution is 2.32. The Labute approximate surface area is 171 Å². The monoisotopic (exact) mass is 392 g/mol. The maximum absolute atomic E-state index is 12.5. The van der Waals surface area contributed by atoms with E-state index in [1.54, 1.807) is 13.0 Å². The van der Waals surface area contributed by atoms with Crippen molar-refractivity contribution in [1.29, 1.82) is 0 Å². The lowest BCUT2D eigenvalue weighted by Crippen LogP contribution is -2.32. The van der Waals surface area contributed by atoms with Gasteiger partial charge in [0.2, 0.25) is 0 Å². The summed E-state index contributed by atoms with van der Waals surface area (Å²) in [6.45, 7) is 4.06. The van der Waals surface area contributed by atoms with Crippen LogP contribution in [0.15, 0.2) is 12.2 Å². The predicted octanol–water partition coefficient (Wildman–Crippen LogP) is 6.13. The molecule has 0 amide bonds. The van der Waals surface area contributed by atoms with Crippen LogP contribution in [0.5, 0.6) is 0 Å². The van der Waals surface area contributed by atoms with Crippen molar-refractivity contribution in [3.63, 3.8) is 0 Å². The van der Waals surface area contributed by atoms with Gasteiger partial charge in [-0.2, -0.15) is 0 Å². The molecule has 0 saturated heterocycles. The van der Waals surface area contributed by atoms with E-state index < -0.39 is 0 Å². The number of unbranched alkanes of at least 4 members (excludes halogenated alkanes) is 4. The highest BCUT2D eigenvalue weighted by Gasteiger charge is 2.31. The zero-order valence-electron chi connectivity index (χ0n) is 18.0. The van der Waals surface area contributed by atoms with Crippen molar-refractivity contribution in [3.05, 3.63) is 12.2 Å². The molecule has 0 aromatic rings. The molecule has 0 spiro atoms. The van der Waals surface area contributed by atoms with E-state index in [1.807, 2.05) is 0 Å². The molecular weight excluding hydrogens is 352 g/mol. The summed E-state index contributed by atoms with van der Waals surface area (Å²) in [6.07, 6.45) is 18.8. The minimum Gasteiger partial charge on any atom is -0.462 e. The molecule has 2 fully saturated rings. The van der Waals surface area contributed by atoms with Crippen molar-refractivity contribution in [2.75, 3.05) is 0 Å². The summed E-state index contributed by atoms with van der Waals surface area (Å²) in [7, 11) is 0. The van der Waals surface area contributed by atoms with Crippen molar-refractivity contribution in [3.8, 4) is 0 Å². The molecule has 0 bridgehead atoms. The molecule has 0 aromatic heterocycles. The van der Waals surface area contributed by atoms with E-state index in [-0.39, 0.29) is 30.1 Å². The van der Waals surface area contributed by atoms with E-state index in [1.165, 1.54) is 57.4 Å². The molecule has 160 valence electrons. The maximum Gasteiger partial charge on any atom is 0.330 e. The fourth-order valence-corrected chi connectivity index (χ4v) is 4.59. The molecule has 0 aliphatic heterocycles. The molecule has 0 heterocycles. The summed E-state index contributed by atoms with van der Waals surface area (Å²) < 4.78 is 11.2. The third-order valence-corrected chi connectivity index (χ3v) is 6.39. The van der Waals surface area contributed by atoms with Gasteiger partial charge in [0.25, 0.3) is 0 Å². The maximum atomic E-state index is 12.5. The van der Waals surface area contributed by atoms with Gasteiger partial charge in [-0.1, -0.05) is 51.5 Å². The molecule has 2 saturated carbocycles. The number of ether oxygens (including phenoxy) is 2. The largest absolute Gasteiger partial charge is 0.462 e. The van der Waals surface area contributed by atoms with Gasteiger partial charge in [-0.15, -0.1) is 0 Å². The Morgan fingerprint density at radius 2 is 1.43 bits per heavy atom. The average molecular weight is 393 g/mol. The minimum absolute atomic E-state index is 0.0204. The summed E-state index contributed by atoms with van der Waals surface area (Å²) >= 11 is 0. The van der Waals surface area contributed by atoms with Crippen LogP contribution >= 0.6 is 0 Å². The molecule has 2 rings (SSSR count). The van der Waals surface area contributed by atoms with Crippen LogP contribution in [0.3, 0.4) is 0 Å². The van der Waals surface area contributed by atoms with Crippen molar-refractivity contribution in [1.82, 2.24) is 0 Å². The Hall–Kier alpha value is -1.32. The van der Waals surface area contributed by atoms with Crippen LogP contribution in [-0.4, -0.2) is 24.1 Å². The number of allylic oxidation sites excluding steroid dienone is 1. The smallest absolute Gasteiger partial charge is 0.330 e. The Bertz CT molecular complexity index is 483. The van der Waals surface area contributed by atoms with Crippen LogP contribution in [0.25, 0.3) is 0 Å². The molecule has 0 N–H and O–H groups in total. The SMILES string of the molecule is C/C=C/C(=O)O[C@H]1CC[C@H](C(=O)O[C@H]2CC[C@H](CCCCCCC)CC2)CC1. The molecule has 0 unspecified atom stereocenters. The van der Waals surface area contributed by atoms with Crippen molar-refractivity contribution in [2.24, 2.45) is 11.8 Å². The molecule has 28 heavy (non-hydrogen) atoms. The van der Waals surface area contributed by atoms with E-state index in [0.29, 0.717) is 0 Å². The van der Waals surface area contributed by atoms with Gasteiger partial charge in [0.1, 0.15) is 12.2 Å². The second kappa shape index (κ2) is 13.0.